The summed E-state index contributed by atoms with van der Waals surface area (Å²) in [5, 5.41) is 5.60. The lowest BCUT2D eigenvalue weighted by Crippen LogP contribution is -2.51. The average molecular weight is 515 g/mol. The predicted octanol–water partition coefficient (Wildman–Crippen LogP) is 6.60. The van der Waals surface area contributed by atoms with Crippen LogP contribution in [-0.2, 0) is 18.1 Å². The molecule has 0 unspecified atom stereocenters. The number of rotatable bonds is 6. The molecule has 2 amide bonds. The number of carbonyl (C=O) groups excluding carboxylic acids is 1. The Bertz CT molecular complexity index is 1340. The zero-order chi connectivity index (χ0) is 25.8. The van der Waals surface area contributed by atoms with Gasteiger partial charge in [0.05, 0.1) is 16.3 Å². The smallest absolute Gasteiger partial charge is 0.322 e. The van der Waals surface area contributed by atoms with Crippen LogP contribution in [0.4, 0.5) is 28.2 Å². The number of hydrogen-bond acceptors (Lipinski definition) is 3. The normalized spacial score (nSPS) is 13.0. The number of nitrogens with zero attached hydrogens (tertiary/aromatic N) is 2. The molecule has 0 saturated carbocycles. The third-order valence-corrected chi connectivity index (χ3v) is 5.65. The summed E-state index contributed by atoms with van der Waals surface area (Å²) in [4.78, 5) is 21.5. The fourth-order valence-electron chi connectivity index (χ4n) is 3.83. The summed E-state index contributed by atoms with van der Waals surface area (Å²) in [6.07, 6.45) is -2.09. The van der Waals surface area contributed by atoms with Gasteiger partial charge in [0, 0.05) is 18.8 Å². The number of amides is 2. The van der Waals surface area contributed by atoms with Gasteiger partial charge in [-0.1, -0.05) is 48.0 Å². The summed E-state index contributed by atoms with van der Waals surface area (Å²) in [5.41, 5.74) is -2.25. The van der Waals surface area contributed by atoms with Crippen molar-refractivity contribution in [2.75, 3.05) is 5.32 Å². The first-order chi connectivity index (χ1) is 17.2. The van der Waals surface area contributed by atoms with Crippen molar-refractivity contribution in [3.05, 3.63) is 124 Å². The van der Waals surface area contributed by atoms with Gasteiger partial charge in [0.1, 0.15) is 17.2 Å². The number of carbonyl (C=O) groups is 1. The van der Waals surface area contributed by atoms with Crippen molar-refractivity contribution in [2.24, 2.45) is 0 Å². The van der Waals surface area contributed by atoms with Gasteiger partial charge in [-0.15, -0.1) is 0 Å². The van der Waals surface area contributed by atoms with E-state index in [-0.39, 0.29) is 28.5 Å². The highest BCUT2D eigenvalue weighted by Crippen LogP contribution is 2.38. The van der Waals surface area contributed by atoms with Crippen LogP contribution in [-0.4, -0.2) is 16.0 Å². The van der Waals surface area contributed by atoms with Crippen LogP contribution in [0.3, 0.4) is 0 Å². The molecule has 2 N–H and O–H groups in total. The number of nitrogens with one attached hydrogen (secondary N) is 2. The van der Waals surface area contributed by atoms with Crippen LogP contribution in [0.2, 0.25) is 5.02 Å². The number of aromatic nitrogens is 2. The zero-order valence-corrected chi connectivity index (χ0v) is 19.3. The van der Waals surface area contributed by atoms with Crippen molar-refractivity contribution in [3.8, 4) is 0 Å². The van der Waals surface area contributed by atoms with E-state index in [9.17, 15) is 22.4 Å². The molecule has 0 radical (unpaired) electrons. The fraction of sp³-hybridized carbons (Fsp3) is 0.115. The fourth-order valence-corrected chi connectivity index (χ4v) is 3.94. The molecular weight excluding hydrogens is 496 g/mol. The van der Waals surface area contributed by atoms with Crippen molar-refractivity contribution < 1.29 is 22.4 Å². The van der Waals surface area contributed by atoms with E-state index in [1.165, 1.54) is 24.5 Å². The van der Waals surface area contributed by atoms with Crippen LogP contribution < -0.4 is 10.6 Å². The summed E-state index contributed by atoms with van der Waals surface area (Å²) in [7, 11) is 0. The third-order valence-electron chi connectivity index (χ3n) is 5.43. The molecule has 0 aliphatic rings. The molecule has 2 heterocycles. The second-order valence-electron chi connectivity index (χ2n) is 7.95. The molecule has 0 bridgehead atoms. The highest BCUT2D eigenvalue weighted by molar-refractivity contribution is 6.30. The molecule has 2 aromatic carbocycles. The quantitative estimate of drug-likeness (QED) is 0.285. The van der Waals surface area contributed by atoms with Gasteiger partial charge in [0.15, 0.2) is 0 Å². The van der Waals surface area contributed by atoms with Gasteiger partial charge >= 0.3 is 12.2 Å². The number of halogens is 5. The molecule has 2 aromatic heterocycles. The van der Waals surface area contributed by atoms with E-state index in [2.05, 4.69) is 20.6 Å². The first-order valence-corrected chi connectivity index (χ1v) is 11.1. The van der Waals surface area contributed by atoms with Gasteiger partial charge in [0.2, 0.25) is 0 Å². The topological polar surface area (TPSA) is 66.9 Å². The largest absolute Gasteiger partial charge is 0.416 e. The Morgan fingerprint density at radius 2 is 1.61 bits per heavy atom. The molecule has 36 heavy (non-hydrogen) atoms. The van der Waals surface area contributed by atoms with E-state index in [1.54, 1.807) is 48.5 Å². The average Bonchev–Trinajstić information content (AvgIpc) is 2.84. The maximum Gasteiger partial charge on any atom is 0.416 e. The number of hydrogen-bond donors (Lipinski definition) is 2. The molecule has 184 valence electrons. The minimum Gasteiger partial charge on any atom is -0.322 e. The SMILES string of the molecule is O=C(Nc1ccccn1)N[C@](Cc1ccccc1)(c1cc(F)cc(C(F)(F)F)c1)c1ccc(Cl)cn1. The lowest BCUT2D eigenvalue weighted by atomic mass is 9.80. The lowest BCUT2D eigenvalue weighted by molar-refractivity contribution is -0.137. The summed E-state index contributed by atoms with van der Waals surface area (Å²) in [5.74, 6) is -0.902. The number of alkyl halides is 3. The maximum absolute atomic E-state index is 14.6. The van der Waals surface area contributed by atoms with Crippen LogP contribution >= 0.6 is 11.6 Å². The van der Waals surface area contributed by atoms with E-state index in [0.717, 1.165) is 12.1 Å². The van der Waals surface area contributed by atoms with E-state index < -0.39 is 29.1 Å². The van der Waals surface area contributed by atoms with Gasteiger partial charge in [-0.05, 0) is 53.6 Å². The molecule has 0 aliphatic heterocycles. The van der Waals surface area contributed by atoms with Gasteiger partial charge in [-0.3, -0.25) is 10.3 Å². The number of anilines is 1. The Labute approximate surface area is 209 Å². The second-order valence-corrected chi connectivity index (χ2v) is 8.39. The highest BCUT2D eigenvalue weighted by atomic mass is 35.5. The molecule has 0 fully saturated rings. The second kappa shape index (κ2) is 10.3. The Balaban J connectivity index is 1.91. The van der Waals surface area contributed by atoms with E-state index in [0.29, 0.717) is 11.6 Å². The van der Waals surface area contributed by atoms with Crippen molar-refractivity contribution in [1.82, 2.24) is 15.3 Å². The van der Waals surface area contributed by atoms with Gasteiger partial charge in [-0.25, -0.2) is 14.2 Å². The van der Waals surface area contributed by atoms with Crippen LogP contribution in [0.15, 0.2) is 91.3 Å². The van der Waals surface area contributed by atoms with Crippen LogP contribution in [0.1, 0.15) is 22.4 Å². The maximum atomic E-state index is 14.6. The predicted molar refractivity (Wildman–Crippen MR) is 128 cm³/mol. The monoisotopic (exact) mass is 514 g/mol. The van der Waals surface area contributed by atoms with Crippen molar-refractivity contribution in [3.63, 3.8) is 0 Å². The molecule has 5 nitrogen and oxygen atoms in total. The molecule has 4 aromatic rings. The summed E-state index contributed by atoms with van der Waals surface area (Å²) < 4.78 is 55.6. The molecule has 10 heteroatoms. The Morgan fingerprint density at radius 3 is 2.25 bits per heavy atom. The molecule has 0 aliphatic carbocycles. The molecule has 1 atom stereocenters. The van der Waals surface area contributed by atoms with Crippen molar-refractivity contribution in [2.45, 2.75) is 18.1 Å². The first kappa shape index (κ1) is 25.1. The lowest BCUT2D eigenvalue weighted by Gasteiger charge is -2.35. The molecule has 0 saturated heterocycles. The van der Waals surface area contributed by atoms with Crippen molar-refractivity contribution in [1.29, 1.82) is 0 Å². The molecule has 0 spiro atoms. The Kier molecular flexibility index (Phi) is 7.21. The van der Waals surface area contributed by atoms with Gasteiger partial charge in [0.25, 0.3) is 0 Å². The van der Waals surface area contributed by atoms with Crippen molar-refractivity contribution >= 4 is 23.4 Å². The van der Waals surface area contributed by atoms with Crippen LogP contribution in [0, 0.1) is 5.82 Å². The van der Waals surface area contributed by atoms with E-state index in [1.807, 2.05) is 0 Å². The number of benzene rings is 2. The Morgan fingerprint density at radius 1 is 0.889 bits per heavy atom. The summed E-state index contributed by atoms with van der Waals surface area (Å²) in [6.45, 7) is 0. The minimum atomic E-state index is -4.82. The van der Waals surface area contributed by atoms with Gasteiger partial charge < -0.3 is 5.32 Å². The molecule has 4 rings (SSSR count). The van der Waals surface area contributed by atoms with Crippen LogP contribution in [0.25, 0.3) is 0 Å². The minimum absolute atomic E-state index is 0.0428. The summed E-state index contributed by atoms with van der Waals surface area (Å²) >= 11 is 6.01. The van der Waals surface area contributed by atoms with E-state index >= 15 is 0 Å². The van der Waals surface area contributed by atoms with E-state index in [4.69, 9.17) is 11.6 Å². The standard InChI is InChI=1S/C26H19ClF4N4O/c27-20-9-10-22(33-16-20)25(15-17-6-2-1-3-7-17,35-24(36)34-23-8-4-5-11-32-23)18-12-19(26(29,30)31)14-21(28)13-18/h1-14,16H,15H2,(H2,32,34,35,36)/t25-/m1/s1. The number of urea groups is 1. The van der Waals surface area contributed by atoms with Gasteiger partial charge in [-0.2, -0.15) is 13.2 Å². The van der Waals surface area contributed by atoms with Crippen LogP contribution in [0.5, 0.6) is 0 Å². The molecular formula is C26H19ClF4N4O. The zero-order valence-electron chi connectivity index (χ0n) is 18.6. The summed E-state index contributed by atoms with van der Waals surface area (Å²) in [6, 6.07) is 18.0. The Hall–Kier alpha value is -3.98. The first-order valence-electron chi connectivity index (χ1n) is 10.7. The highest BCUT2D eigenvalue weighted by Gasteiger charge is 2.41. The third kappa shape index (κ3) is 5.80. The number of pyridine rings is 2.